The van der Waals surface area contributed by atoms with E-state index in [0.717, 1.165) is 6.07 Å². The molecule has 0 unspecified atom stereocenters. The largest absolute Gasteiger partial charge is 0.497 e. The van der Waals surface area contributed by atoms with Gasteiger partial charge in [-0.1, -0.05) is 29.3 Å². The van der Waals surface area contributed by atoms with Crippen LogP contribution in [0.5, 0.6) is 5.75 Å². The van der Waals surface area contributed by atoms with Crippen LogP contribution in [0.15, 0.2) is 70.7 Å². The molecule has 2 N–H and O–H groups in total. The van der Waals surface area contributed by atoms with Crippen molar-refractivity contribution in [3.05, 3.63) is 86.4 Å². The first-order valence-corrected chi connectivity index (χ1v) is 11.1. The Labute approximate surface area is 193 Å². The van der Waals surface area contributed by atoms with Crippen molar-refractivity contribution in [2.24, 2.45) is 5.10 Å². The minimum atomic E-state index is -4.07. The van der Waals surface area contributed by atoms with Crippen LogP contribution in [-0.4, -0.2) is 26.7 Å². The molecule has 0 aromatic heterocycles. The lowest BCUT2D eigenvalue weighted by atomic mass is 10.2. The summed E-state index contributed by atoms with van der Waals surface area (Å²) in [5, 5.41) is 16.2. The van der Waals surface area contributed by atoms with Crippen molar-refractivity contribution in [3.8, 4) is 5.75 Å². The quantitative estimate of drug-likeness (QED) is 0.253. The Morgan fingerprint density at radius 1 is 1.03 bits per heavy atom. The summed E-state index contributed by atoms with van der Waals surface area (Å²) in [6.45, 7) is 0. The number of nitro benzene ring substituents is 1. The molecule has 0 radical (unpaired) electrons. The van der Waals surface area contributed by atoms with E-state index in [9.17, 15) is 18.5 Å². The van der Waals surface area contributed by atoms with Crippen LogP contribution in [0.3, 0.4) is 0 Å². The van der Waals surface area contributed by atoms with Gasteiger partial charge in [0.25, 0.3) is 15.7 Å². The van der Waals surface area contributed by atoms with Gasteiger partial charge in [-0.05, 0) is 54.1 Å². The zero-order valence-corrected chi connectivity index (χ0v) is 18.8. The second kappa shape index (κ2) is 9.86. The van der Waals surface area contributed by atoms with Crippen molar-refractivity contribution in [2.45, 2.75) is 4.90 Å². The molecule has 0 aliphatic rings. The number of nitrogens with zero attached hydrogens (tertiary/aromatic N) is 2. The first-order valence-electron chi connectivity index (χ1n) is 8.89. The van der Waals surface area contributed by atoms with E-state index in [4.69, 9.17) is 27.9 Å². The lowest BCUT2D eigenvalue weighted by Gasteiger charge is -2.10. The molecule has 0 aliphatic carbocycles. The number of hydrogen-bond donors (Lipinski definition) is 2. The van der Waals surface area contributed by atoms with Gasteiger partial charge < -0.3 is 4.74 Å². The summed E-state index contributed by atoms with van der Waals surface area (Å²) < 4.78 is 32.7. The van der Waals surface area contributed by atoms with Gasteiger partial charge in [-0.15, -0.1) is 0 Å². The fourth-order valence-corrected chi connectivity index (χ4v) is 3.95. The van der Waals surface area contributed by atoms with E-state index in [-0.39, 0.29) is 16.3 Å². The fraction of sp³-hybridized carbons (Fsp3) is 0.0500. The number of hydrazone groups is 1. The molecule has 166 valence electrons. The van der Waals surface area contributed by atoms with E-state index in [1.165, 1.54) is 37.6 Å². The molecule has 0 saturated heterocycles. The molecule has 3 aromatic rings. The van der Waals surface area contributed by atoms with E-state index in [1.807, 2.05) is 0 Å². The third-order valence-corrected chi connectivity index (χ3v) is 6.28. The maximum atomic E-state index is 12.7. The van der Waals surface area contributed by atoms with E-state index >= 15 is 0 Å². The Morgan fingerprint density at radius 2 is 1.75 bits per heavy atom. The van der Waals surface area contributed by atoms with Gasteiger partial charge in [0.2, 0.25) is 0 Å². The summed E-state index contributed by atoms with van der Waals surface area (Å²) in [7, 11) is -2.58. The van der Waals surface area contributed by atoms with Gasteiger partial charge in [-0.25, -0.2) is 8.42 Å². The number of nitrogens with one attached hydrogen (secondary N) is 2. The molecule has 3 rings (SSSR count). The highest BCUT2D eigenvalue weighted by Crippen LogP contribution is 2.29. The summed E-state index contributed by atoms with van der Waals surface area (Å²) in [4.78, 5) is 10.5. The van der Waals surface area contributed by atoms with Crippen molar-refractivity contribution in [1.82, 2.24) is 0 Å². The standard InChI is InChI=1S/C20H16Cl2N4O5S/c1-31-15-5-3-14(4-6-15)25-32(29,30)16-7-9-19(20(11-16)26(27)28)24-23-12-13-2-8-17(21)18(22)10-13/h2-12,24-25H,1H3. The maximum Gasteiger partial charge on any atom is 0.295 e. The smallest absolute Gasteiger partial charge is 0.295 e. The molecule has 0 heterocycles. The van der Waals surface area contributed by atoms with Crippen LogP contribution in [0.1, 0.15) is 5.56 Å². The zero-order valence-electron chi connectivity index (χ0n) is 16.5. The number of anilines is 2. The normalized spacial score (nSPS) is 11.3. The van der Waals surface area contributed by atoms with Gasteiger partial charge in [-0.3, -0.25) is 20.3 Å². The zero-order chi connectivity index (χ0) is 23.3. The number of ether oxygens (including phenoxy) is 1. The number of rotatable bonds is 8. The van der Waals surface area contributed by atoms with E-state index in [1.54, 1.807) is 30.3 Å². The summed E-state index contributed by atoms with van der Waals surface area (Å²) in [5.41, 5.74) is 2.97. The Bertz CT molecular complexity index is 1280. The van der Waals surface area contributed by atoms with Gasteiger partial charge in [0, 0.05) is 11.8 Å². The van der Waals surface area contributed by atoms with E-state index < -0.39 is 20.6 Å². The molecule has 0 saturated carbocycles. The van der Waals surface area contributed by atoms with Crippen LogP contribution >= 0.6 is 23.2 Å². The highest BCUT2D eigenvalue weighted by molar-refractivity contribution is 7.92. The highest BCUT2D eigenvalue weighted by atomic mass is 35.5. The third kappa shape index (κ3) is 5.67. The average molecular weight is 495 g/mol. The third-order valence-electron chi connectivity index (χ3n) is 4.16. The summed E-state index contributed by atoms with van der Waals surface area (Å²) in [5.74, 6) is 0.556. The Hall–Kier alpha value is -3.34. The van der Waals surface area contributed by atoms with Gasteiger partial charge in [-0.2, -0.15) is 5.10 Å². The van der Waals surface area contributed by atoms with E-state index in [2.05, 4.69) is 15.2 Å². The van der Waals surface area contributed by atoms with Crippen molar-refractivity contribution in [2.75, 3.05) is 17.3 Å². The van der Waals surface area contributed by atoms with Gasteiger partial charge >= 0.3 is 0 Å². The van der Waals surface area contributed by atoms with Crippen LogP contribution in [0.25, 0.3) is 0 Å². The highest BCUT2D eigenvalue weighted by Gasteiger charge is 2.21. The number of methoxy groups -OCH3 is 1. The molecule has 0 fully saturated rings. The second-order valence-corrected chi connectivity index (χ2v) is 8.81. The van der Waals surface area contributed by atoms with Crippen molar-refractivity contribution < 1.29 is 18.1 Å². The van der Waals surface area contributed by atoms with Gasteiger partial charge in [0.05, 0.1) is 33.2 Å². The first kappa shape index (κ1) is 23.3. The van der Waals surface area contributed by atoms with Crippen LogP contribution in [0.4, 0.5) is 17.1 Å². The SMILES string of the molecule is COc1ccc(NS(=O)(=O)c2ccc(NN=Cc3ccc(Cl)c(Cl)c3)c([N+](=O)[O-])c2)cc1. The number of sulfonamides is 1. The van der Waals surface area contributed by atoms with Crippen LogP contribution in [-0.2, 0) is 10.0 Å². The number of hydrogen-bond acceptors (Lipinski definition) is 7. The molecule has 0 bridgehead atoms. The predicted molar refractivity (Wildman–Crippen MR) is 125 cm³/mol. The number of benzene rings is 3. The van der Waals surface area contributed by atoms with E-state index in [0.29, 0.717) is 21.4 Å². The molecule has 12 heteroatoms. The Balaban J connectivity index is 1.82. The summed E-state index contributed by atoms with van der Waals surface area (Å²) in [6, 6.07) is 14.4. The molecule has 0 spiro atoms. The molecule has 32 heavy (non-hydrogen) atoms. The Kier molecular flexibility index (Phi) is 7.18. The average Bonchev–Trinajstić information content (AvgIpc) is 2.76. The number of halogens is 2. The summed E-state index contributed by atoms with van der Waals surface area (Å²) in [6.07, 6.45) is 1.39. The maximum absolute atomic E-state index is 12.7. The van der Waals surface area contributed by atoms with Crippen LogP contribution in [0, 0.1) is 10.1 Å². The van der Waals surface area contributed by atoms with Crippen molar-refractivity contribution in [3.63, 3.8) is 0 Å². The van der Waals surface area contributed by atoms with Crippen LogP contribution in [0.2, 0.25) is 10.0 Å². The lowest BCUT2D eigenvalue weighted by molar-refractivity contribution is -0.384. The molecule has 3 aromatic carbocycles. The number of nitro groups is 1. The predicted octanol–water partition coefficient (Wildman–Crippen LogP) is 5.16. The minimum absolute atomic E-state index is 0.00899. The molecule has 0 aliphatic heterocycles. The molecule has 0 amide bonds. The second-order valence-electron chi connectivity index (χ2n) is 6.31. The fourth-order valence-electron chi connectivity index (χ4n) is 2.57. The topological polar surface area (TPSA) is 123 Å². The first-order chi connectivity index (χ1) is 15.2. The molecular weight excluding hydrogens is 479 g/mol. The molecule has 0 atom stereocenters. The molecular formula is C20H16Cl2N4O5S. The molecule has 9 nitrogen and oxygen atoms in total. The summed E-state index contributed by atoms with van der Waals surface area (Å²) >= 11 is 11.8. The van der Waals surface area contributed by atoms with Crippen molar-refractivity contribution in [1.29, 1.82) is 0 Å². The van der Waals surface area contributed by atoms with Gasteiger partial charge in [0.15, 0.2) is 0 Å². The van der Waals surface area contributed by atoms with Crippen molar-refractivity contribution >= 4 is 56.5 Å². The van der Waals surface area contributed by atoms with Gasteiger partial charge in [0.1, 0.15) is 11.4 Å². The minimum Gasteiger partial charge on any atom is -0.497 e. The lowest BCUT2D eigenvalue weighted by Crippen LogP contribution is -2.13. The van der Waals surface area contributed by atoms with Crippen LogP contribution < -0.4 is 14.9 Å². The Morgan fingerprint density at radius 3 is 2.38 bits per heavy atom. The monoisotopic (exact) mass is 494 g/mol.